The molecule has 0 aliphatic rings. The second-order valence-corrected chi connectivity index (χ2v) is 6.83. The standard InChI is InChI=1S/C16H16.C12H10/c1-3-16-10-9-15(11-13(16)2)12-14-7-5-4-6-8-14;1-2-10-7-5-8-11-6-3-4-9-12(10)11/h3-11H,1,12H2,2H3;2-9H,1H2. The maximum absolute atomic E-state index is 3.81. The Kier molecular flexibility index (Phi) is 6.59. The van der Waals surface area contributed by atoms with E-state index >= 15 is 0 Å². The predicted octanol–water partition coefficient (Wildman–Crippen LogP) is 7.71. The van der Waals surface area contributed by atoms with Crippen molar-refractivity contribution < 1.29 is 0 Å². The van der Waals surface area contributed by atoms with Gasteiger partial charge in [0.15, 0.2) is 0 Å². The van der Waals surface area contributed by atoms with Crippen LogP contribution in [0, 0.1) is 6.92 Å². The normalized spacial score (nSPS) is 10.0. The van der Waals surface area contributed by atoms with Gasteiger partial charge in [-0.2, -0.15) is 0 Å². The minimum atomic E-state index is 0.999. The highest BCUT2D eigenvalue weighted by molar-refractivity contribution is 5.90. The lowest BCUT2D eigenvalue weighted by Gasteiger charge is -2.05. The van der Waals surface area contributed by atoms with E-state index in [1.165, 1.54) is 38.6 Å². The molecular weight excluding hydrogens is 336 g/mol. The van der Waals surface area contributed by atoms with Crippen molar-refractivity contribution in [1.29, 1.82) is 0 Å². The van der Waals surface area contributed by atoms with Crippen molar-refractivity contribution in [2.45, 2.75) is 13.3 Å². The van der Waals surface area contributed by atoms with Gasteiger partial charge in [-0.15, -0.1) is 0 Å². The van der Waals surface area contributed by atoms with Crippen molar-refractivity contribution in [3.05, 3.63) is 132 Å². The van der Waals surface area contributed by atoms with Crippen molar-refractivity contribution in [1.82, 2.24) is 0 Å². The van der Waals surface area contributed by atoms with E-state index in [0.29, 0.717) is 0 Å². The number of benzene rings is 4. The molecule has 0 saturated heterocycles. The first-order chi connectivity index (χ1) is 13.7. The molecule has 0 unspecified atom stereocenters. The van der Waals surface area contributed by atoms with Crippen LogP contribution in [0.2, 0.25) is 0 Å². The van der Waals surface area contributed by atoms with Crippen molar-refractivity contribution in [3.63, 3.8) is 0 Å². The Labute approximate surface area is 168 Å². The van der Waals surface area contributed by atoms with Gasteiger partial charge in [0.05, 0.1) is 0 Å². The maximum Gasteiger partial charge on any atom is -0.00257 e. The first kappa shape index (κ1) is 19.4. The zero-order chi connectivity index (χ0) is 19.8. The molecule has 0 amide bonds. The van der Waals surface area contributed by atoms with Gasteiger partial charge in [0.1, 0.15) is 0 Å². The van der Waals surface area contributed by atoms with Crippen LogP contribution in [-0.2, 0) is 6.42 Å². The third kappa shape index (κ3) is 4.86. The molecule has 0 aliphatic heterocycles. The molecular formula is C28H26. The first-order valence-electron chi connectivity index (χ1n) is 9.57. The van der Waals surface area contributed by atoms with Crippen LogP contribution in [0.3, 0.4) is 0 Å². The third-order valence-corrected chi connectivity index (χ3v) is 4.85. The molecule has 0 aliphatic carbocycles. The summed E-state index contributed by atoms with van der Waals surface area (Å²) in [6.45, 7) is 9.72. The van der Waals surface area contributed by atoms with Crippen LogP contribution in [0.25, 0.3) is 22.9 Å². The van der Waals surface area contributed by atoms with Gasteiger partial charge in [0, 0.05) is 0 Å². The highest BCUT2D eigenvalue weighted by Crippen LogP contribution is 2.18. The second kappa shape index (κ2) is 9.53. The lowest BCUT2D eigenvalue weighted by atomic mass is 10.00. The van der Waals surface area contributed by atoms with Crippen molar-refractivity contribution in [2.24, 2.45) is 0 Å². The molecule has 0 spiro atoms. The third-order valence-electron chi connectivity index (χ3n) is 4.85. The molecule has 4 aromatic carbocycles. The average molecular weight is 363 g/mol. The summed E-state index contributed by atoms with van der Waals surface area (Å²) in [4.78, 5) is 0. The smallest absolute Gasteiger partial charge is 0.00257 e. The first-order valence-corrected chi connectivity index (χ1v) is 9.57. The van der Waals surface area contributed by atoms with E-state index in [2.05, 4.69) is 111 Å². The molecule has 0 bridgehead atoms. The van der Waals surface area contributed by atoms with E-state index in [-0.39, 0.29) is 0 Å². The van der Waals surface area contributed by atoms with Crippen molar-refractivity contribution >= 4 is 22.9 Å². The van der Waals surface area contributed by atoms with E-state index in [1.807, 2.05) is 12.2 Å². The molecule has 0 fully saturated rings. The molecule has 0 heterocycles. The van der Waals surface area contributed by atoms with Crippen LogP contribution >= 0.6 is 0 Å². The van der Waals surface area contributed by atoms with E-state index in [4.69, 9.17) is 0 Å². The lowest BCUT2D eigenvalue weighted by molar-refractivity contribution is 1.18. The fraction of sp³-hybridized carbons (Fsp3) is 0.0714. The van der Waals surface area contributed by atoms with E-state index < -0.39 is 0 Å². The van der Waals surface area contributed by atoms with Gasteiger partial charge < -0.3 is 0 Å². The average Bonchev–Trinajstić information content (AvgIpc) is 2.75. The monoisotopic (exact) mass is 362 g/mol. The van der Waals surface area contributed by atoms with Gasteiger partial charge >= 0.3 is 0 Å². The fourth-order valence-electron chi connectivity index (χ4n) is 3.34. The van der Waals surface area contributed by atoms with Crippen LogP contribution in [0.15, 0.2) is 104 Å². The summed E-state index contributed by atoms with van der Waals surface area (Å²) >= 11 is 0. The van der Waals surface area contributed by atoms with E-state index in [0.717, 1.165) is 6.42 Å². The quantitative estimate of drug-likeness (QED) is 0.349. The molecule has 4 rings (SSSR count). The SMILES string of the molecule is C=Cc1ccc(Cc2ccccc2)cc1C.C=Cc1cccc2ccccc12. The topological polar surface area (TPSA) is 0 Å². The van der Waals surface area contributed by atoms with Gasteiger partial charge in [-0.25, -0.2) is 0 Å². The van der Waals surface area contributed by atoms with Gasteiger partial charge in [-0.3, -0.25) is 0 Å². The lowest BCUT2D eigenvalue weighted by Crippen LogP contribution is -1.90. The van der Waals surface area contributed by atoms with Crippen LogP contribution in [0.5, 0.6) is 0 Å². The Bertz CT molecular complexity index is 1070. The molecule has 0 aromatic heterocycles. The molecule has 4 aromatic rings. The minimum Gasteiger partial charge on any atom is -0.0985 e. The molecule has 0 nitrogen and oxygen atoms in total. The molecule has 0 saturated carbocycles. The molecule has 0 atom stereocenters. The van der Waals surface area contributed by atoms with Crippen LogP contribution in [-0.4, -0.2) is 0 Å². The van der Waals surface area contributed by atoms with Gasteiger partial charge in [-0.1, -0.05) is 116 Å². The zero-order valence-corrected chi connectivity index (χ0v) is 16.4. The van der Waals surface area contributed by atoms with Crippen LogP contribution in [0.1, 0.15) is 27.8 Å². The van der Waals surface area contributed by atoms with E-state index in [1.54, 1.807) is 0 Å². The summed E-state index contributed by atoms with van der Waals surface area (Å²) in [6.07, 6.45) is 4.79. The van der Waals surface area contributed by atoms with Crippen molar-refractivity contribution in [2.75, 3.05) is 0 Å². The van der Waals surface area contributed by atoms with Gasteiger partial charge in [-0.05, 0) is 51.9 Å². The number of hydrogen-bond acceptors (Lipinski definition) is 0. The number of hydrogen-bond donors (Lipinski definition) is 0. The summed E-state index contributed by atoms with van der Waals surface area (Å²) in [5.74, 6) is 0. The molecule has 28 heavy (non-hydrogen) atoms. The Morgan fingerprint density at radius 3 is 2.04 bits per heavy atom. The highest BCUT2D eigenvalue weighted by atomic mass is 14.0. The Hall–Kier alpha value is -3.38. The predicted molar refractivity (Wildman–Crippen MR) is 125 cm³/mol. The summed E-state index contributed by atoms with van der Waals surface area (Å²) in [6, 6.07) is 31.7. The van der Waals surface area contributed by atoms with Gasteiger partial charge in [0.25, 0.3) is 0 Å². The molecule has 0 heteroatoms. The van der Waals surface area contributed by atoms with Crippen molar-refractivity contribution in [3.8, 4) is 0 Å². The Balaban J connectivity index is 0.000000167. The molecule has 138 valence electrons. The second-order valence-electron chi connectivity index (χ2n) is 6.83. The summed E-state index contributed by atoms with van der Waals surface area (Å²) < 4.78 is 0. The summed E-state index contributed by atoms with van der Waals surface area (Å²) in [5.41, 5.74) is 6.43. The maximum atomic E-state index is 3.81. The number of rotatable bonds is 4. The fourth-order valence-corrected chi connectivity index (χ4v) is 3.34. The van der Waals surface area contributed by atoms with E-state index in [9.17, 15) is 0 Å². The summed E-state index contributed by atoms with van der Waals surface area (Å²) in [7, 11) is 0. The minimum absolute atomic E-state index is 0.999. The number of aryl methyl sites for hydroxylation is 1. The largest absolute Gasteiger partial charge is 0.0985 e. The zero-order valence-electron chi connectivity index (χ0n) is 16.4. The Morgan fingerprint density at radius 1 is 0.643 bits per heavy atom. The Morgan fingerprint density at radius 2 is 1.32 bits per heavy atom. The van der Waals surface area contributed by atoms with Crippen LogP contribution < -0.4 is 0 Å². The number of fused-ring (bicyclic) bond motifs is 1. The highest BCUT2D eigenvalue weighted by Gasteiger charge is 1.98. The summed E-state index contributed by atoms with van der Waals surface area (Å²) in [5, 5.41) is 2.55. The van der Waals surface area contributed by atoms with Crippen LogP contribution in [0.4, 0.5) is 0 Å². The van der Waals surface area contributed by atoms with Gasteiger partial charge in [0.2, 0.25) is 0 Å². The molecule has 0 radical (unpaired) electrons. The molecule has 0 N–H and O–H groups in total.